The molecule has 2 fully saturated rings. The van der Waals surface area contributed by atoms with E-state index in [1.54, 1.807) is 0 Å². The number of aromatic nitrogens is 2. The van der Waals surface area contributed by atoms with Gasteiger partial charge in [-0.1, -0.05) is 12.8 Å². The summed E-state index contributed by atoms with van der Waals surface area (Å²) in [5.74, 6) is 0.349. The van der Waals surface area contributed by atoms with Crippen molar-refractivity contribution >= 4 is 19.7 Å². The highest BCUT2D eigenvalue weighted by Gasteiger charge is 2.36. The molecule has 0 atom stereocenters. The molecular formula is C11H15ClN2O2S. The molecule has 6 heteroatoms. The molecule has 0 bridgehead atoms. The van der Waals surface area contributed by atoms with Crippen LogP contribution in [0.3, 0.4) is 0 Å². The fourth-order valence-electron chi connectivity index (χ4n) is 2.73. The van der Waals surface area contributed by atoms with Crippen molar-refractivity contribution in [3.63, 3.8) is 0 Å². The lowest BCUT2D eigenvalue weighted by Gasteiger charge is -2.14. The number of nitrogens with zero attached hydrogens (tertiary/aromatic N) is 2. The molecule has 0 aliphatic heterocycles. The molecule has 94 valence electrons. The standard InChI is InChI=1S/C11H15ClN2O2S/c12-17(15,16)10-7-13-14(9-3-1-2-4-9)11(10)8-5-6-8/h7-9H,1-6H2. The molecule has 2 aliphatic carbocycles. The average molecular weight is 275 g/mol. The van der Waals surface area contributed by atoms with Crippen LogP contribution in [-0.4, -0.2) is 18.2 Å². The Morgan fingerprint density at radius 2 is 1.88 bits per heavy atom. The van der Waals surface area contributed by atoms with Crippen molar-refractivity contribution in [2.75, 3.05) is 0 Å². The van der Waals surface area contributed by atoms with Crippen LogP contribution in [0.4, 0.5) is 0 Å². The van der Waals surface area contributed by atoms with Gasteiger partial charge in [-0.05, 0) is 25.7 Å². The maximum atomic E-state index is 11.5. The van der Waals surface area contributed by atoms with Crippen LogP contribution in [-0.2, 0) is 9.05 Å². The Kier molecular flexibility index (Phi) is 2.70. The predicted octanol–water partition coefficient (Wildman–Crippen LogP) is 2.80. The van der Waals surface area contributed by atoms with Gasteiger partial charge in [-0.25, -0.2) is 8.42 Å². The van der Waals surface area contributed by atoms with Crippen LogP contribution in [0, 0.1) is 0 Å². The first-order valence-corrected chi connectivity index (χ1v) is 8.40. The summed E-state index contributed by atoms with van der Waals surface area (Å²) < 4.78 is 25.0. The lowest BCUT2D eigenvalue weighted by molar-refractivity contribution is 0.448. The summed E-state index contributed by atoms with van der Waals surface area (Å²) in [4.78, 5) is 0.230. The van der Waals surface area contributed by atoms with E-state index in [1.165, 1.54) is 19.0 Å². The van der Waals surface area contributed by atoms with E-state index in [2.05, 4.69) is 5.10 Å². The van der Waals surface area contributed by atoms with Crippen LogP contribution in [0.5, 0.6) is 0 Å². The van der Waals surface area contributed by atoms with Crippen LogP contribution < -0.4 is 0 Å². The Balaban J connectivity index is 2.06. The fraction of sp³-hybridized carbons (Fsp3) is 0.727. The van der Waals surface area contributed by atoms with E-state index in [0.717, 1.165) is 31.4 Å². The highest BCUT2D eigenvalue weighted by Crippen LogP contribution is 2.45. The maximum absolute atomic E-state index is 11.5. The molecule has 3 rings (SSSR count). The predicted molar refractivity (Wildman–Crippen MR) is 64.7 cm³/mol. The number of hydrogen-bond acceptors (Lipinski definition) is 3. The zero-order valence-electron chi connectivity index (χ0n) is 9.47. The van der Waals surface area contributed by atoms with Gasteiger partial charge in [-0.2, -0.15) is 5.10 Å². The molecular weight excluding hydrogens is 260 g/mol. The topological polar surface area (TPSA) is 52.0 Å². The van der Waals surface area contributed by atoms with E-state index < -0.39 is 9.05 Å². The van der Waals surface area contributed by atoms with Gasteiger partial charge in [0.25, 0.3) is 9.05 Å². The first kappa shape index (κ1) is 11.5. The van der Waals surface area contributed by atoms with E-state index in [0.29, 0.717) is 12.0 Å². The van der Waals surface area contributed by atoms with Crippen LogP contribution in [0.1, 0.15) is 56.2 Å². The normalized spacial score (nSPS) is 22.2. The lowest BCUT2D eigenvalue weighted by atomic mass is 10.2. The molecule has 2 saturated carbocycles. The van der Waals surface area contributed by atoms with Crippen LogP contribution in [0.15, 0.2) is 11.1 Å². The minimum atomic E-state index is -3.66. The third-order valence-corrected chi connectivity index (χ3v) is 5.03. The Morgan fingerprint density at radius 3 is 2.41 bits per heavy atom. The summed E-state index contributed by atoms with van der Waals surface area (Å²) >= 11 is 0. The molecule has 0 spiro atoms. The molecule has 4 nitrogen and oxygen atoms in total. The van der Waals surface area contributed by atoms with Gasteiger partial charge in [-0.3, -0.25) is 4.68 Å². The molecule has 1 aromatic rings. The number of rotatable bonds is 3. The Bertz CT molecular complexity index is 528. The van der Waals surface area contributed by atoms with Gasteiger partial charge < -0.3 is 0 Å². The summed E-state index contributed by atoms with van der Waals surface area (Å²) in [5.41, 5.74) is 0.854. The Hall–Kier alpha value is -0.550. The molecule has 0 amide bonds. The third-order valence-electron chi connectivity index (χ3n) is 3.70. The zero-order chi connectivity index (χ0) is 12.0. The fourth-order valence-corrected chi connectivity index (χ4v) is 3.77. The maximum Gasteiger partial charge on any atom is 0.264 e. The zero-order valence-corrected chi connectivity index (χ0v) is 11.0. The second-order valence-corrected chi connectivity index (χ2v) is 7.52. The summed E-state index contributed by atoms with van der Waals surface area (Å²) in [5, 5.41) is 4.28. The molecule has 0 aromatic carbocycles. The summed E-state index contributed by atoms with van der Waals surface area (Å²) in [6.07, 6.45) is 8.14. The summed E-state index contributed by atoms with van der Waals surface area (Å²) in [6, 6.07) is 0.373. The highest BCUT2D eigenvalue weighted by atomic mass is 35.7. The minimum Gasteiger partial charge on any atom is -0.265 e. The van der Waals surface area contributed by atoms with Crippen molar-refractivity contribution in [1.82, 2.24) is 9.78 Å². The van der Waals surface area contributed by atoms with Gasteiger partial charge in [0, 0.05) is 16.6 Å². The molecule has 2 aliphatic rings. The molecule has 17 heavy (non-hydrogen) atoms. The first-order valence-electron chi connectivity index (χ1n) is 6.09. The van der Waals surface area contributed by atoms with Crippen molar-refractivity contribution in [3.8, 4) is 0 Å². The smallest absolute Gasteiger partial charge is 0.264 e. The van der Waals surface area contributed by atoms with E-state index in [4.69, 9.17) is 10.7 Å². The molecule has 0 N–H and O–H groups in total. The lowest BCUT2D eigenvalue weighted by Crippen LogP contribution is -2.11. The Morgan fingerprint density at radius 1 is 1.24 bits per heavy atom. The van der Waals surface area contributed by atoms with E-state index in [9.17, 15) is 8.42 Å². The van der Waals surface area contributed by atoms with Crippen molar-refractivity contribution in [3.05, 3.63) is 11.9 Å². The largest absolute Gasteiger partial charge is 0.265 e. The molecule has 1 heterocycles. The summed E-state index contributed by atoms with van der Waals surface area (Å²) in [7, 11) is 1.82. The van der Waals surface area contributed by atoms with E-state index >= 15 is 0 Å². The van der Waals surface area contributed by atoms with Crippen LogP contribution >= 0.6 is 10.7 Å². The number of halogens is 1. The van der Waals surface area contributed by atoms with Crippen LogP contribution in [0.25, 0.3) is 0 Å². The Labute approximate surface area is 105 Å². The number of hydrogen-bond donors (Lipinski definition) is 0. The molecule has 0 radical (unpaired) electrons. The van der Waals surface area contributed by atoms with Gasteiger partial charge in [0.05, 0.1) is 17.9 Å². The average Bonchev–Trinajstić information content (AvgIpc) is 2.81. The summed E-state index contributed by atoms with van der Waals surface area (Å²) in [6.45, 7) is 0. The van der Waals surface area contributed by atoms with Gasteiger partial charge in [-0.15, -0.1) is 0 Å². The van der Waals surface area contributed by atoms with Crippen molar-refractivity contribution in [2.45, 2.75) is 55.4 Å². The van der Waals surface area contributed by atoms with Gasteiger partial charge in [0.1, 0.15) is 4.90 Å². The SMILES string of the molecule is O=S(=O)(Cl)c1cnn(C2CCCC2)c1C1CC1. The monoisotopic (exact) mass is 274 g/mol. The second-order valence-electron chi connectivity index (χ2n) is 4.99. The van der Waals surface area contributed by atoms with E-state index in [-0.39, 0.29) is 4.90 Å². The van der Waals surface area contributed by atoms with Crippen molar-refractivity contribution in [1.29, 1.82) is 0 Å². The second kappa shape index (κ2) is 3.99. The quantitative estimate of drug-likeness (QED) is 0.797. The van der Waals surface area contributed by atoms with Crippen molar-refractivity contribution < 1.29 is 8.42 Å². The van der Waals surface area contributed by atoms with Gasteiger partial charge >= 0.3 is 0 Å². The molecule has 0 unspecified atom stereocenters. The molecule has 0 saturated heterocycles. The van der Waals surface area contributed by atoms with Crippen molar-refractivity contribution in [2.24, 2.45) is 0 Å². The highest BCUT2D eigenvalue weighted by molar-refractivity contribution is 8.13. The van der Waals surface area contributed by atoms with E-state index in [1.807, 2.05) is 4.68 Å². The first-order chi connectivity index (χ1) is 8.07. The van der Waals surface area contributed by atoms with Crippen LogP contribution in [0.2, 0.25) is 0 Å². The molecule has 1 aromatic heterocycles. The van der Waals surface area contributed by atoms with Gasteiger partial charge in [0.15, 0.2) is 0 Å². The third kappa shape index (κ3) is 2.10. The minimum absolute atomic E-state index is 0.230. The van der Waals surface area contributed by atoms with Gasteiger partial charge in [0.2, 0.25) is 0 Å².